The lowest BCUT2D eigenvalue weighted by Crippen LogP contribution is -2.27. The predicted molar refractivity (Wildman–Crippen MR) is 63.6 cm³/mol. The van der Waals surface area contributed by atoms with Gasteiger partial charge < -0.3 is 10.5 Å². The third-order valence-corrected chi connectivity index (χ3v) is 2.49. The molecule has 0 radical (unpaired) electrons. The maximum atomic E-state index is 11.4. The first-order valence-corrected chi connectivity index (χ1v) is 5.87. The van der Waals surface area contributed by atoms with E-state index in [1.54, 1.807) is 0 Å². The van der Waals surface area contributed by atoms with Crippen molar-refractivity contribution >= 4 is 5.97 Å². The number of hydrogen-bond acceptors (Lipinski definition) is 3. The van der Waals surface area contributed by atoms with Crippen LogP contribution in [0.1, 0.15) is 46.5 Å². The summed E-state index contributed by atoms with van der Waals surface area (Å²) in [5, 5.41) is 0. The monoisotopic (exact) mass is 223 g/mol. The van der Waals surface area contributed by atoms with Crippen molar-refractivity contribution in [3.8, 4) is 11.8 Å². The first-order valence-electron chi connectivity index (χ1n) is 5.87. The van der Waals surface area contributed by atoms with Gasteiger partial charge in [0.15, 0.2) is 0 Å². The average Bonchev–Trinajstić information content (AvgIpc) is 2.12. The highest BCUT2D eigenvalue weighted by Gasteiger charge is 2.18. The fourth-order valence-electron chi connectivity index (χ4n) is 1.82. The zero-order valence-electron chi connectivity index (χ0n) is 10.4. The molecule has 0 heterocycles. The quantitative estimate of drug-likeness (QED) is 0.387. The van der Waals surface area contributed by atoms with Crippen LogP contribution in [0.15, 0.2) is 0 Å². The van der Waals surface area contributed by atoms with E-state index in [1.807, 2.05) is 20.8 Å². The molecule has 1 fully saturated rings. The van der Waals surface area contributed by atoms with Gasteiger partial charge in [0.2, 0.25) is 0 Å². The van der Waals surface area contributed by atoms with E-state index >= 15 is 0 Å². The highest BCUT2D eigenvalue weighted by atomic mass is 16.6. The highest BCUT2D eigenvalue weighted by Crippen LogP contribution is 2.22. The second-order valence-electron chi connectivity index (χ2n) is 5.39. The summed E-state index contributed by atoms with van der Waals surface area (Å²) in [4.78, 5) is 11.4. The molecular formula is C13H21NO2. The summed E-state index contributed by atoms with van der Waals surface area (Å²) in [6, 6.07) is 0.242. The van der Waals surface area contributed by atoms with Crippen molar-refractivity contribution in [1.29, 1.82) is 0 Å². The van der Waals surface area contributed by atoms with Crippen LogP contribution in [-0.4, -0.2) is 17.6 Å². The number of carbonyl (C=O) groups excluding carboxylic acids is 1. The van der Waals surface area contributed by atoms with E-state index in [9.17, 15) is 4.79 Å². The van der Waals surface area contributed by atoms with Gasteiger partial charge in [-0.15, -0.1) is 0 Å². The van der Waals surface area contributed by atoms with E-state index in [4.69, 9.17) is 10.5 Å². The third kappa shape index (κ3) is 5.18. The SMILES string of the molecule is CC(C)(C)OC(=O)C#C[C@@H]1CCC[C@H](N)C1. The molecule has 3 nitrogen and oxygen atoms in total. The zero-order chi connectivity index (χ0) is 12.2. The second-order valence-corrected chi connectivity index (χ2v) is 5.39. The molecule has 0 aromatic rings. The molecule has 3 heteroatoms. The summed E-state index contributed by atoms with van der Waals surface area (Å²) >= 11 is 0. The summed E-state index contributed by atoms with van der Waals surface area (Å²) in [6.07, 6.45) is 4.12. The van der Waals surface area contributed by atoms with E-state index < -0.39 is 11.6 Å². The lowest BCUT2D eigenvalue weighted by atomic mass is 9.87. The van der Waals surface area contributed by atoms with Gasteiger partial charge in [-0.3, -0.25) is 0 Å². The minimum atomic E-state index is -0.464. The Balaban J connectivity index is 2.44. The molecule has 0 saturated heterocycles. The van der Waals surface area contributed by atoms with Gasteiger partial charge in [-0.25, -0.2) is 4.79 Å². The topological polar surface area (TPSA) is 52.3 Å². The van der Waals surface area contributed by atoms with Crippen LogP contribution in [0.25, 0.3) is 0 Å². The number of rotatable bonds is 0. The largest absolute Gasteiger partial charge is 0.450 e. The molecule has 0 aromatic carbocycles. The Labute approximate surface area is 97.7 Å². The van der Waals surface area contributed by atoms with Crippen LogP contribution in [0.3, 0.4) is 0 Å². The third-order valence-electron chi connectivity index (χ3n) is 2.49. The highest BCUT2D eigenvalue weighted by molar-refractivity contribution is 5.88. The lowest BCUT2D eigenvalue weighted by Gasteiger charge is -2.22. The van der Waals surface area contributed by atoms with Gasteiger partial charge in [0, 0.05) is 17.9 Å². The van der Waals surface area contributed by atoms with Crippen LogP contribution in [0.5, 0.6) is 0 Å². The number of carbonyl (C=O) groups is 1. The Kier molecular flexibility index (Phi) is 4.37. The number of ether oxygens (including phenoxy) is 1. The van der Waals surface area contributed by atoms with Gasteiger partial charge in [0.25, 0.3) is 0 Å². The van der Waals surface area contributed by atoms with Gasteiger partial charge in [-0.05, 0) is 40.0 Å². The molecule has 90 valence electrons. The number of hydrogen-bond donors (Lipinski definition) is 1. The Morgan fingerprint density at radius 2 is 2.06 bits per heavy atom. The minimum absolute atomic E-state index is 0.242. The van der Waals surface area contributed by atoms with E-state index in [0.29, 0.717) is 0 Å². The van der Waals surface area contributed by atoms with Gasteiger partial charge in [0.1, 0.15) is 5.60 Å². The molecule has 2 N–H and O–H groups in total. The first kappa shape index (κ1) is 13.1. The molecule has 0 amide bonds. The van der Waals surface area contributed by atoms with Crippen LogP contribution < -0.4 is 5.73 Å². The minimum Gasteiger partial charge on any atom is -0.450 e. The summed E-state index contributed by atoms with van der Waals surface area (Å²) in [6.45, 7) is 5.51. The normalized spacial score (nSPS) is 25.5. The van der Waals surface area contributed by atoms with Crippen molar-refractivity contribution in [3.63, 3.8) is 0 Å². The number of nitrogens with two attached hydrogens (primary N) is 1. The molecular weight excluding hydrogens is 202 g/mol. The van der Waals surface area contributed by atoms with E-state index in [-0.39, 0.29) is 12.0 Å². The molecule has 16 heavy (non-hydrogen) atoms. The molecule has 1 aliphatic carbocycles. The van der Waals surface area contributed by atoms with Crippen molar-refractivity contribution in [2.75, 3.05) is 0 Å². The molecule has 1 aliphatic rings. The number of esters is 1. The summed E-state index contributed by atoms with van der Waals surface area (Å²) < 4.78 is 5.11. The van der Waals surface area contributed by atoms with E-state index in [0.717, 1.165) is 25.7 Å². The molecule has 0 aliphatic heterocycles. The van der Waals surface area contributed by atoms with Crippen LogP contribution in [-0.2, 0) is 9.53 Å². The van der Waals surface area contributed by atoms with Crippen molar-refractivity contribution < 1.29 is 9.53 Å². The maximum absolute atomic E-state index is 11.4. The lowest BCUT2D eigenvalue weighted by molar-refractivity contribution is -0.147. The molecule has 0 bridgehead atoms. The molecule has 2 atom stereocenters. The smallest absolute Gasteiger partial charge is 0.384 e. The zero-order valence-corrected chi connectivity index (χ0v) is 10.4. The molecule has 1 saturated carbocycles. The van der Waals surface area contributed by atoms with Crippen LogP contribution >= 0.6 is 0 Å². The van der Waals surface area contributed by atoms with Crippen molar-refractivity contribution in [3.05, 3.63) is 0 Å². The average molecular weight is 223 g/mol. The van der Waals surface area contributed by atoms with E-state index in [2.05, 4.69) is 11.8 Å². The molecule has 0 aromatic heterocycles. The fraction of sp³-hybridized carbons (Fsp3) is 0.769. The van der Waals surface area contributed by atoms with Crippen molar-refractivity contribution in [1.82, 2.24) is 0 Å². The fourth-order valence-corrected chi connectivity index (χ4v) is 1.82. The van der Waals surface area contributed by atoms with Crippen LogP contribution in [0.2, 0.25) is 0 Å². The predicted octanol–water partition coefficient (Wildman–Crippen LogP) is 1.85. The standard InChI is InChI=1S/C13H21NO2/c1-13(2,3)16-12(15)8-7-10-5-4-6-11(14)9-10/h10-11H,4-6,9,14H2,1-3H3/t10-,11-/m0/s1. The summed E-state index contributed by atoms with van der Waals surface area (Å²) in [5.74, 6) is 5.35. The molecule has 0 unspecified atom stereocenters. The Morgan fingerprint density at radius 1 is 1.38 bits per heavy atom. The van der Waals surface area contributed by atoms with E-state index in [1.165, 1.54) is 0 Å². The van der Waals surface area contributed by atoms with Crippen LogP contribution in [0, 0.1) is 17.8 Å². The van der Waals surface area contributed by atoms with Gasteiger partial charge in [0.05, 0.1) is 0 Å². The van der Waals surface area contributed by atoms with Gasteiger partial charge in [-0.2, -0.15) is 0 Å². The Hall–Kier alpha value is -1.01. The maximum Gasteiger partial charge on any atom is 0.384 e. The summed E-state index contributed by atoms with van der Waals surface area (Å²) in [7, 11) is 0. The second kappa shape index (κ2) is 5.36. The van der Waals surface area contributed by atoms with Crippen molar-refractivity contribution in [2.24, 2.45) is 11.7 Å². The molecule has 1 rings (SSSR count). The van der Waals surface area contributed by atoms with Gasteiger partial charge in [-0.1, -0.05) is 12.3 Å². The van der Waals surface area contributed by atoms with Crippen LogP contribution in [0.4, 0.5) is 0 Å². The molecule has 0 spiro atoms. The Morgan fingerprint density at radius 3 is 2.62 bits per heavy atom. The summed E-state index contributed by atoms with van der Waals surface area (Å²) in [5.41, 5.74) is 5.39. The first-order chi connectivity index (χ1) is 7.37. The van der Waals surface area contributed by atoms with Gasteiger partial charge >= 0.3 is 5.97 Å². The van der Waals surface area contributed by atoms with Crippen molar-refractivity contribution in [2.45, 2.75) is 58.1 Å². The Bertz CT molecular complexity index is 306.